The Hall–Kier alpha value is -2.14. The summed E-state index contributed by atoms with van der Waals surface area (Å²) in [5.41, 5.74) is 1.70. The van der Waals surface area contributed by atoms with E-state index < -0.39 is 0 Å². The van der Waals surface area contributed by atoms with E-state index in [1.165, 1.54) is 6.20 Å². The molecule has 0 unspecified atom stereocenters. The number of allylic oxidation sites excluding steroid dienone is 1. The molecule has 0 aliphatic heterocycles. The van der Waals surface area contributed by atoms with Gasteiger partial charge in [-0.3, -0.25) is 4.79 Å². The van der Waals surface area contributed by atoms with E-state index in [2.05, 4.69) is 10.2 Å². The van der Waals surface area contributed by atoms with Gasteiger partial charge in [0.05, 0.1) is 5.57 Å². The second kappa shape index (κ2) is 4.51. The van der Waals surface area contributed by atoms with Crippen LogP contribution in [0.5, 0.6) is 0 Å². The van der Waals surface area contributed by atoms with E-state index in [1.807, 2.05) is 18.4 Å². The molecule has 5 heteroatoms. The van der Waals surface area contributed by atoms with Crippen molar-refractivity contribution < 1.29 is 9.90 Å². The van der Waals surface area contributed by atoms with Gasteiger partial charge in [-0.05, 0) is 36.6 Å². The summed E-state index contributed by atoms with van der Waals surface area (Å²) < 4.78 is 0. The minimum absolute atomic E-state index is 0.0172. The van der Waals surface area contributed by atoms with Gasteiger partial charge in [-0.1, -0.05) is 0 Å². The molecule has 0 amide bonds. The number of hydrogen-bond acceptors (Lipinski definition) is 5. The van der Waals surface area contributed by atoms with Crippen molar-refractivity contribution in [2.75, 3.05) is 6.26 Å². The fourth-order valence-electron chi connectivity index (χ4n) is 2.09. The first kappa shape index (κ1) is 11.9. The monoisotopic (exact) mass is 270 g/mol. The van der Waals surface area contributed by atoms with Crippen molar-refractivity contribution in [3.63, 3.8) is 0 Å². The molecule has 0 radical (unpaired) electrons. The number of carbonyl (C=O) groups excluding carboxylic acids is 1. The third-order valence-electron chi connectivity index (χ3n) is 3.02. The summed E-state index contributed by atoms with van der Waals surface area (Å²) in [6.45, 7) is 0. The highest BCUT2D eigenvalue weighted by atomic mass is 32.2. The van der Waals surface area contributed by atoms with E-state index in [9.17, 15) is 9.90 Å². The van der Waals surface area contributed by atoms with Gasteiger partial charge in [0.15, 0.2) is 5.78 Å². The number of benzene rings is 1. The molecule has 19 heavy (non-hydrogen) atoms. The number of nitrogens with zero attached hydrogens (tertiary/aromatic N) is 2. The van der Waals surface area contributed by atoms with Gasteiger partial charge in [-0.15, -0.1) is 11.8 Å². The number of aliphatic hydroxyl groups excluding tert-OH is 1. The Labute approximate surface area is 114 Å². The predicted molar refractivity (Wildman–Crippen MR) is 74.0 cm³/mol. The predicted octanol–water partition coefficient (Wildman–Crippen LogP) is 2.82. The van der Waals surface area contributed by atoms with E-state index in [4.69, 9.17) is 0 Å². The second-order valence-corrected chi connectivity index (χ2v) is 4.95. The Morgan fingerprint density at radius 1 is 1.21 bits per heavy atom. The molecule has 1 aliphatic rings. The number of Topliss-reactive ketones (excluding diaryl/α,β-unsaturated/α-hetero) is 1. The molecule has 1 aromatic heterocycles. The van der Waals surface area contributed by atoms with Crippen molar-refractivity contribution in [1.82, 2.24) is 10.2 Å². The van der Waals surface area contributed by atoms with Crippen LogP contribution in [0.25, 0.3) is 11.3 Å². The average molecular weight is 270 g/mol. The zero-order valence-electron chi connectivity index (χ0n) is 10.1. The Bertz CT molecular complexity index is 696. The van der Waals surface area contributed by atoms with Gasteiger partial charge in [-0.2, -0.15) is 10.2 Å². The lowest BCUT2D eigenvalue weighted by Crippen LogP contribution is -2.00. The lowest BCUT2D eigenvalue weighted by molar-refractivity contribution is 0.105. The van der Waals surface area contributed by atoms with Gasteiger partial charge in [0.2, 0.25) is 0 Å². The fraction of sp³-hybridized carbons (Fsp3) is 0.0714. The van der Waals surface area contributed by atoms with Crippen molar-refractivity contribution in [3.05, 3.63) is 53.3 Å². The fourth-order valence-corrected chi connectivity index (χ4v) is 2.53. The quantitative estimate of drug-likeness (QED) is 0.850. The molecule has 4 nitrogen and oxygen atoms in total. The average Bonchev–Trinajstić information content (AvgIpc) is 2.71. The van der Waals surface area contributed by atoms with Gasteiger partial charge < -0.3 is 5.11 Å². The normalized spacial score (nSPS) is 13.8. The zero-order valence-corrected chi connectivity index (χ0v) is 10.9. The molecule has 94 valence electrons. The van der Waals surface area contributed by atoms with Gasteiger partial charge in [0.25, 0.3) is 0 Å². The molecule has 1 aromatic carbocycles. The lowest BCUT2D eigenvalue weighted by atomic mass is 10.1. The first-order chi connectivity index (χ1) is 9.22. The summed E-state index contributed by atoms with van der Waals surface area (Å²) in [7, 11) is 0. The van der Waals surface area contributed by atoms with Crippen molar-refractivity contribution in [2.24, 2.45) is 0 Å². The van der Waals surface area contributed by atoms with E-state index in [0.717, 1.165) is 4.90 Å². The number of aliphatic hydroxyl groups is 1. The van der Waals surface area contributed by atoms with E-state index in [1.54, 1.807) is 30.0 Å². The van der Waals surface area contributed by atoms with Crippen LogP contribution >= 0.6 is 11.8 Å². The second-order valence-electron chi connectivity index (χ2n) is 4.07. The van der Waals surface area contributed by atoms with Crippen LogP contribution in [0.2, 0.25) is 0 Å². The minimum atomic E-state index is -0.208. The molecule has 0 saturated heterocycles. The van der Waals surface area contributed by atoms with E-state index in [0.29, 0.717) is 16.8 Å². The van der Waals surface area contributed by atoms with Crippen molar-refractivity contribution in [2.45, 2.75) is 4.90 Å². The van der Waals surface area contributed by atoms with E-state index in [-0.39, 0.29) is 17.1 Å². The number of hydrogen-bond donors (Lipinski definition) is 1. The Balaban J connectivity index is 2.18. The van der Waals surface area contributed by atoms with Gasteiger partial charge in [-0.25, -0.2) is 0 Å². The molecule has 1 heterocycles. The first-order valence-corrected chi connectivity index (χ1v) is 6.89. The van der Waals surface area contributed by atoms with E-state index >= 15 is 0 Å². The van der Waals surface area contributed by atoms with Crippen molar-refractivity contribution in [1.29, 1.82) is 0 Å². The number of rotatable bonds is 2. The number of carbonyl (C=O) groups is 1. The van der Waals surface area contributed by atoms with Crippen molar-refractivity contribution >= 4 is 28.9 Å². The smallest absolute Gasteiger partial charge is 0.199 e. The molecule has 0 bridgehead atoms. The maximum atomic E-state index is 12.3. The molecular formula is C14H10N2O2S. The molecule has 0 saturated carbocycles. The third kappa shape index (κ3) is 1.82. The summed E-state index contributed by atoms with van der Waals surface area (Å²) in [5.74, 6) is -0.225. The van der Waals surface area contributed by atoms with Crippen LogP contribution in [0.1, 0.15) is 21.6 Å². The SMILES string of the molecule is CSc1ccc2c(c1)C(O)=C(c1cccnn1)C2=O. The maximum absolute atomic E-state index is 12.3. The molecule has 1 N–H and O–H groups in total. The minimum Gasteiger partial charge on any atom is -0.506 e. The maximum Gasteiger partial charge on any atom is 0.199 e. The number of ketones is 1. The molecular weight excluding hydrogens is 260 g/mol. The van der Waals surface area contributed by atoms with Crippen LogP contribution in [-0.2, 0) is 0 Å². The van der Waals surface area contributed by atoms with Crippen LogP contribution in [0, 0.1) is 0 Å². The van der Waals surface area contributed by atoms with Crippen LogP contribution in [-0.4, -0.2) is 27.3 Å². The topological polar surface area (TPSA) is 63.1 Å². The molecule has 0 atom stereocenters. The van der Waals surface area contributed by atoms with Gasteiger partial charge in [0, 0.05) is 22.2 Å². The summed E-state index contributed by atoms with van der Waals surface area (Å²) in [6.07, 6.45) is 3.47. The largest absolute Gasteiger partial charge is 0.506 e. The molecule has 0 spiro atoms. The standard InChI is InChI=1S/C14H10N2O2S/c1-19-8-4-5-9-10(7-8)14(18)12(13(9)17)11-3-2-6-15-16-11/h2-7,18H,1H3. The third-order valence-corrected chi connectivity index (χ3v) is 3.74. The van der Waals surface area contributed by atoms with Crippen LogP contribution in [0.3, 0.4) is 0 Å². The van der Waals surface area contributed by atoms with Gasteiger partial charge >= 0.3 is 0 Å². The molecule has 3 rings (SSSR count). The van der Waals surface area contributed by atoms with Crippen molar-refractivity contribution in [3.8, 4) is 0 Å². The lowest BCUT2D eigenvalue weighted by Gasteiger charge is -2.01. The highest BCUT2D eigenvalue weighted by Crippen LogP contribution is 2.37. The first-order valence-electron chi connectivity index (χ1n) is 5.67. The molecule has 2 aromatic rings. The molecule has 0 fully saturated rings. The molecule has 1 aliphatic carbocycles. The van der Waals surface area contributed by atoms with Crippen LogP contribution in [0.15, 0.2) is 41.4 Å². The summed E-state index contributed by atoms with van der Waals surface area (Å²) in [6, 6.07) is 8.78. The van der Waals surface area contributed by atoms with Gasteiger partial charge in [0.1, 0.15) is 11.5 Å². The zero-order chi connectivity index (χ0) is 13.4. The van der Waals surface area contributed by atoms with Crippen LogP contribution < -0.4 is 0 Å². The van der Waals surface area contributed by atoms with Crippen LogP contribution in [0.4, 0.5) is 0 Å². The summed E-state index contributed by atoms with van der Waals surface area (Å²) in [4.78, 5) is 13.3. The Morgan fingerprint density at radius 2 is 2.05 bits per heavy atom. The number of thioether (sulfide) groups is 1. The Kier molecular flexibility index (Phi) is 2.83. The highest BCUT2D eigenvalue weighted by Gasteiger charge is 2.31. The number of fused-ring (bicyclic) bond motifs is 1. The summed E-state index contributed by atoms with van der Waals surface area (Å²) in [5, 5.41) is 17.9. The Morgan fingerprint density at radius 3 is 2.74 bits per heavy atom. The summed E-state index contributed by atoms with van der Waals surface area (Å²) >= 11 is 1.56. The highest BCUT2D eigenvalue weighted by molar-refractivity contribution is 7.98. The number of aromatic nitrogens is 2.